The molecular formula is C11H6FIN4. The molecule has 0 aliphatic rings. The summed E-state index contributed by atoms with van der Waals surface area (Å²) < 4.78 is 15.7. The Morgan fingerprint density at radius 3 is 2.94 bits per heavy atom. The van der Waals surface area contributed by atoms with E-state index in [1.165, 1.54) is 12.3 Å². The summed E-state index contributed by atoms with van der Waals surface area (Å²) in [4.78, 5) is 8.21. The van der Waals surface area contributed by atoms with Crippen molar-refractivity contribution in [2.24, 2.45) is 0 Å². The van der Waals surface area contributed by atoms with Gasteiger partial charge in [0.1, 0.15) is 9.52 Å². The molecule has 3 aromatic rings. The summed E-state index contributed by atoms with van der Waals surface area (Å²) in [6.07, 6.45) is 4.44. The van der Waals surface area contributed by atoms with Gasteiger partial charge in [0.15, 0.2) is 5.65 Å². The third-order valence-electron chi connectivity index (χ3n) is 2.32. The summed E-state index contributed by atoms with van der Waals surface area (Å²) in [6.45, 7) is 0. The molecule has 0 spiro atoms. The Kier molecular flexibility index (Phi) is 2.50. The first-order valence-corrected chi connectivity index (χ1v) is 5.93. The lowest BCUT2D eigenvalue weighted by atomic mass is 10.2. The number of halogens is 2. The molecule has 6 heteroatoms. The SMILES string of the molecule is Fc1cncc(-c2cc(I)n3nccc3n2)c1. The molecule has 0 aromatic carbocycles. The lowest BCUT2D eigenvalue weighted by molar-refractivity contribution is 0.622. The molecule has 0 fully saturated rings. The normalized spacial score (nSPS) is 10.9. The highest BCUT2D eigenvalue weighted by molar-refractivity contribution is 14.1. The highest BCUT2D eigenvalue weighted by atomic mass is 127. The molecule has 17 heavy (non-hydrogen) atoms. The van der Waals surface area contributed by atoms with Crippen LogP contribution in [0.4, 0.5) is 4.39 Å². The second kappa shape index (κ2) is 4.02. The third-order valence-corrected chi connectivity index (χ3v) is 3.08. The van der Waals surface area contributed by atoms with Crippen LogP contribution in [0.1, 0.15) is 0 Å². The fourth-order valence-electron chi connectivity index (χ4n) is 1.58. The van der Waals surface area contributed by atoms with E-state index in [1.54, 1.807) is 23.0 Å². The van der Waals surface area contributed by atoms with Gasteiger partial charge in [-0.1, -0.05) is 0 Å². The van der Waals surface area contributed by atoms with Crippen molar-refractivity contribution in [3.8, 4) is 11.3 Å². The van der Waals surface area contributed by atoms with Crippen molar-refractivity contribution in [3.63, 3.8) is 0 Å². The first-order valence-electron chi connectivity index (χ1n) is 4.85. The van der Waals surface area contributed by atoms with E-state index < -0.39 is 0 Å². The van der Waals surface area contributed by atoms with E-state index in [0.717, 1.165) is 9.35 Å². The number of pyridine rings is 1. The van der Waals surface area contributed by atoms with Gasteiger partial charge in [-0.25, -0.2) is 13.9 Å². The molecular weight excluding hydrogens is 334 g/mol. The summed E-state index contributed by atoms with van der Waals surface area (Å²) in [6, 6.07) is 5.06. The smallest absolute Gasteiger partial charge is 0.156 e. The fraction of sp³-hybridized carbons (Fsp3) is 0. The van der Waals surface area contributed by atoms with Crippen LogP contribution in [-0.4, -0.2) is 19.6 Å². The van der Waals surface area contributed by atoms with Gasteiger partial charge in [-0.15, -0.1) is 0 Å². The van der Waals surface area contributed by atoms with E-state index in [-0.39, 0.29) is 5.82 Å². The molecule has 0 radical (unpaired) electrons. The van der Waals surface area contributed by atoms with Crippen LogP contribution in [0, 0.1) is 9.52 Å². The average molecular weight is 340 g/mol. The minimum atomic E-state index is -0.368. The van der Waals surface area contributed by atoms with Gasteiger partial charge in [0.25, 0.3) is 0 Å². The monoisotopic (exact) mass is 340 g/mol. The van der Waals surface area contributed by atoms with Gasteiger partial charge in [-0.2, -0.15) is 5.10 Å². The number of hydrogen-bond acceptors (Lipinski definition) is 3. The zero-order valence-corrected chi connectivity index (χ0v) is 10.7. The first-order chi connectivity index (χ1) is 8.24. The van der Waals surface area contributed by atoms with Gasteiger partial charge >= 0.3 is 0 Å². The molecule has 0 aliphatic carbocycles. The molecule has 3 rings (SSSR count). The van der Waals surface area contributed by atoms with Crippen LogP contribution < -0.4 is 0 Å². The van der Waals surface area contributed by atoms with E-state index in [1.807, 2.05) is 6.07 Å². The topological polar surface area (TPSA) is 43.1 Å². The van der Waals surface area contributed by atoms with Gasteiger partial charge in [-0.3, -0.25) is 4.98 Å². The quantitative estimate of drug-likeness (QED) is 0.505. The maximum Gasteiger partial charge on any atom is 0.156 e. The number of rotatable bonds is 1. The fourth-order valence-corrected chi connectivity index (χ4v) is 2.24. The number of nitrogens with zero attached hydrogens (tertiary/aromatic N) is 4. The van der Waals surface area contributed by atoms with E-state index in [2.05, 4.69) is 37.7 Å². The molecule has 0 saturated heterocycles. The molecule has 0 unspecified atom stereocenters. The number of aromatic nitrogens is 4. The van der Waals surface area contributed by atoms with Gasteiger partial charge in [0.2, 0.25) is 0 Å². The maximum absolute atomic E-state index is 13.1. The number of hydrogen-bond donors (Lipinski definition) is 0. The molecule has 3 heterocycles. The molecule has 0 aliphatic heterocycles. The predicted octanol–water partition coefficient (Wildman–Crippen LogP) is 2.54. The minimum Gasteiger partial charge on any atom is -0.261 e. The van der Waals surface area contributed by atoms with Gasteiger partial charge < -0.3 is 0 Å². The lowest BCUT2D eigenvalue weighted by Crippen LogP contribution is -1.97. The van der Waals surface area contributed by atoms with Crippen LogP contribution in [0.2, 0.25) is 0 Å². The van der Waals surface area contributed by atoms with Crippen LogP contribution in [0.5, 0.6) is 0 Å². The van der Waals surface area contributed by atoms with E-state index in [9.17, 15) is 4.39 Å². The maximum atomic E-state index is 13.1. The van der Waals surface area contributed by atoms with Gasteiger partial charge in [0, 0.05) is 17.8 Å². The van der Waals surface area contributed by atoms with Crippen molar-refractivity contribution in [1.29, 1.82) is 0 Å². The first kappa shape index (κ1) is 10.6. The number of fused-ring (bicyclic) bond motifs is 1. The summed E-state index contributed by atoms with van der Waals surface area (Å²) >= 11 is 2.16. The summed E-state index contributed by atoms with van der Waals surface area (Å²) in [5.41, 5.74) is 2.08. The molecule has 4 nitrogen and oxygen atoms in total. The van der Waals surface area contributed by atoms with Crippen LogP contribution in [0.15, 0.2) is 36.8 Å². The minimum absolute atomic E-state index is 0.368. The van der Waals surface area contributed by atoms with Crippen LogP contribution in [0.25, 0.3) is 16.9 Å². The Balaban J connectivity index is 2.23. The Labute approximate surface area is 110 Å². The summed E-state index contributed by atoms with van der Waals surface area (Å²) in [7, 11) is 0. The van der Waals surface area contributed by atoms with Crippen LogP contribution >= 0.6 is 22.6 Å². The van der Waals surface area contributed by atoms with Crippen molar-refractivity contribution in [1.82, 2.24) is 19.6 Å². The lowest BCUT2D eigenvalue weighted by Gasteiger charge is -2.03. The van der Waals surface area contributed by atoms with Crippen molar-refractivity contribution in [2.75, 3.05) is 0 Å². The highest BCUT2D eigenvalue weighted by Crippen LogP contribution is 2.20. The summed E-state index contributed by atoms with van der Waals surface area (Å²) in [5.74, 6) is -0.368. The molecule has 0 atom stereocenters. The van der Waals surface area contributed by atoms with E-state index >= 15 is 0 Å². The Morgan fingerprint density at radius 2 is 2.12 bits per heavy atom. The second-order valence-corrected chi connectivity index (χ2v) is 4.56. The van der Waals surface area contributed by atoms with Crippen molar-refractivity contribution in [3.05, 3.63) is 46.3 Å². The van der Waals surface area contributed by atoms with Crippen molar-refractivity contribution >= 4 is 28.2 Å². The zero-order valence-electron chi connectivity index (χ0n) is 8.51. The van der Waals surface area contributed by atoms with E-state index in [4.69, 9.17) is 0 Å². The Hall–Kier alpha value is -1.57. The van der Waals surface area contributed by atoms with Gasteiger partial charge in [0.05, 0.1) is 18.1 Å². The second-order valence-electron chi connectivity index (χ2n) is 3.46. The summed E-state index contributed by atoms with van der Waals surface area (Å²) in [5, 5.41) is 4.13. The standard InChI is InChI=1S/C11H6FIN4/c12-8-3-7(5-14-6-8)9-4-10(13)17-11(16-9)1-2-15-17/h1-6H. The average Bonchev–Trinajstić information content (AvgIpc) is 2.77. The van der Waals surface area contributed by atoms with E-state index in [0.29, 0.717) is 11.3 Å². The van der Waals surface area contributed by atoms with Crippen molar-refractivity contribution < 1.29 is 4.39 Å². The molecule has 0 saturated carbocycles. The molecule has 0 N–H and O–H groups in total. The largest absolute Gasteiger partial charge is 0.261 e. The predicted molar refractivity (Wildman–Crippen MR) is 68.9 cm³/mol. The molecule has 84 valence electrons. The van der Waals surface area contributed by atoms with Crippen LogP contribution in [-0.2, 0) is 0 Å². The Bertz CT molecular complexity index is 695. The Morgan fingerprint density at radius 1 is 1.24 bits per heavy atom. The third kappa shape index (κ3) is 1.88. The zero-order chi connectivity index (χ0) is 11.8. The van der Waals surface area contributed by atoms with Crippen molar-refractivity contribution in [2.45, 2.75) is 0 Å². The molecule has 0 amide bonds. The van der Waals surface area contributed by atoms with Crippen LogP contribution in [0.3, 0.4) is 0 Å². The molecule has 3 aromatic heterocycles. The highest BCUT2D eigenvalue weighted by Gasteiger charge is 2.07. The molecule has 0 bridgehead atoms. The van der Waals surface area contributed by atoms with Gasteiger partial charge in [-0.05, 0) is 34.7 Å².